The second kappa shape index (κ2) is 4.76. The number of fused-ring (bicyclic) bond motifs is 1. The number of oxazole rings is 1. The van der Waals surface area contributed by atoms with E-state index in [1.54, 1.807) is 12.1 Å². The minimum Gasteiger partial charge on any atom is -0.436 e. The molecule has 0 spiro atoms. The maximum atomic E-state index is 6.00. The molecule has 0 amide bonds. The van der Waals surface area contributed by atoms with Crippen molar-refractivity contribution in [1.82, 2.24) is 15.2 Å². The molecule has 5 nitrogen and oxygen atoms in total. The van der Waals surface area contributed by atoms with E-state index >= 15 is 0 Å². The lowest BCUT2D eigenvalue weighted by Crippen LogP contribution is -1.97. The third-order valence-electron chi connectivity index (χ3n) is 3.06. The van der Waals surface area contributed by atoms with Crippen molar-refractivity contribution in [1.29, 1.82) is 0 Å². The average molecular weight is 289 g/mol. The maximum absolute atomic E-state index is 6.00. The van der Waals surface area contributed by atoms with Crippen LogP contribution < -0.4 is 5.73 Å². The van der Waals surface area contributed by atoms with Crippen LogP contribution in [-0.4, -0.2) is 15.2 Å². The molecule has 0 atom stereocenters. The lowest BCUT2D eigenvalue weighted by Gasteiger charge is -2.02. The summed E-state index contributed by atoms with van der Waals surface area (Å²) >= 11 is 6.00. The monoisotopic (exact) mass is 288 g/mol. The van der Waals surface area contributed by atoms with Gasteiger partial charge in [-0.05, 0) is 25.5 Å². The SMILES string of the molecule is CCc1nnc(C)cc1-c1nc2cc(Cl)c(N)cc2o1. The van der Waals surface area contributed by atoms with E-state index < -0.39 is 0 Å². The molecule has 6 heteroatoms. The molecule has 0 bridgehead atoms. The fraction of sp³-hybridized carbons (Fsp3) is 0.214. The Kier molecular flexibility index (Phi) is 3.06. The topological polar surface area (TPSA) is 77.8 Å². The number of halogens is 1. The summed E-state index contributed by atoms with van der Waals surface area (Å²) in [5, 5.41) is 8.70. The second-order valence-corrected chi connectivity index (χ2v) is 4.97. The van der Waals surface area contributed by atoms with E-state index in [0.717, 1.165) is 23.4 Å². The number of hydrogen-bond donors (Lipinski definition) is 1. The highest BCUT2D eigenvalue weighted by Crippen LogP contribution is 2.30. The Labute approximate surface area is 120 Å². The molecular weight excluding hydrogens is 276 g/mol. The summed E-state index contributed by atoms with van der Waals surface area (Å²) in [6.07, 6.45) is 0.754. The molecule has 2 aromatic heterocycles. The van der Waals surface area contributed by atoms with Gasteiger partial charge in [0.25, 0.3) is 0 Å². The Morgan fingerprint density at radius 2 is 2.05 bits per heavy atom. The number of aryl methyl sites for hydroxylation is 2. The summed E-state index contributed by atoms with van der Waals surface area (Å²) in [4.78, 5) is 4.46. The Morgan fingerprint density at radius 1 is 1.25 bits per heavy atom. The molecule has 0 fully saturated rings. The highest BCUT2D eigenvalue weighted by atomic mass is 35.5. The lowest BCUT2D eigenvalue weighted by atomic mass is 10.1. The molecule has 0 saturated heterocycles. The molecular formula is C14H13ClN4O. The number of nitrogens with zero attached hydrogens (tertiary/aromatic N) is 3. The second-order valence-electron chi connectivity index (χ2n) is 4.56. The first-order valence-corrected chi connectivity index (χ1v) is 6.65. The molecule has 0 aliphatic heterocycles. The average Bonchev–Trinajstić information content (AvgIpc) is 2.82. The van der Waals surface area contributed by atoms with E-state index in [0.29, 0.717) is 27.7 Å². The van der Waals surface area contributed by atoms with Crippen molar-refractivity contribution < 1.29 is 4.42 Å². The molecule has 102 valence electrons. The van der Waals surface area contributed by atoms with Gasteiger partial charge in [-0.3, -0.25) is 0 Å². The van der Waals surface area contributed by atoms with Crippen LogP contribution in [0.25, 0.3) is 22.6 Å². The highest BCUT2D eigenvalue weighted by molar-refractivity contribution is 6.33. The highest BCUT2D eigenvalue weighted by Gasteiger charge is 2.14. The van der Waals surface area contributed by atoms with E-state index in [1.165, 1.54) is 0 Å². The van der Waals surface area contributed by atoms with Crippen LogP contribution in [-0.2, 0) is 6.42 Å². The molecule has 1 aromatic carbocycles. The van der Waals surface area contributed by atoms with Gasteiger partial charge in [0, 0.05) is 6.07 Å². The summed E-state index contributed by atoms with van der Waals surface area (Å²) in [5.74, 6) is 0.511. The largest absolute Gasteiger partial charge is 0.436 e. The molecule has 0 saturated carbocycles. The van der Waals surface area contributed by atoms with Crippen molar-refractivity contribution in [3.63, 3.8) is 0 Å². The van der Waals surface area contributed by atoms with Gasteiger partial charge in [-0.15, -0.1) is 0 Å². The molecule has 3 aromatic rings. The predicted molar refractivity (Wildman–Crippen MR) is 78.6 cm³/mol. The normalized spacial score (nSPS) is 11.2. The van der Waals surface area contributed by atoms with Crippen molar-refractivity contribution in [2.45, 2.75) is 20.3 Å². The number of anilines is 1. The van der Waals surface area contributed by atoms with Gasteiger partial charge < -0.3 is 10.2 Å². The van der Waals surface area contributed by atoms with E-state index in [1.807, 2.05) is 19.9 Å². The maximum Gasteiger partial charge on any atom is 0.229 e. The first-order valence-electron chi connectivity index (χ1n) is 6.27. The summed E-state index contributed by atoms with van der Waals surface area (Å²) in [5.41, 5.74) is 10.0. The Hall–Kier alpha value is -2.14. The molecule has 2 N–H and O–H groups in total. The summed E-state index contributed by atoms with van der Waals surface area (Å²) in [6.45, 7) is 3.90. The van der Waals surface area contributed by atoms with Gasteiger partial charge in [0.15, 0.2) is 5.58 Å². The summed E-state index contributed by atoms with van der Waals surface area (Å²) in [6, 6.07) is 5.30. The van der Waals surface area contributed by atoms with E-state index in [4.69, 9.17) is 21.8 Å². The quantitative estimate of drug-likeness (QED) is 0.731. The van der Waals surface area contributed by atoms with Gasteiger partial charge in [0.2, 0.25) is 5.89 Å². The van der Waals surface area contributed by atoms with Gasteiger partial charge >= 0.3 is 0 Å². The van der Waals surface area contributed by atoms with Crippen LogP contribution in [0.5, 0.6) is 0 Å². The van der Waals surface area contributed by atoms with E-state index in [9.17, 15) is 0 Å². The zero-order valence-corrected chi connectivity index (χ0v) is 11.9. The molecule has 20 heavy (non-hydrogen) atoms. The summed E-state index contributed by atoms with van der Waals surface area (Å²) in [7, 11) is 0. The van der Waals surface area contributed by atoms with Gasteiger partial charge in [-0.1, -0.05) is 18.5 Å². The predicted octanol–water partition coefficient (Wildman–Crippen LogP) is 3.39. The van der Waals surface area contributed by atoms with Gasteiger partial charge in [-0.25, -0.2) is 4.98 Å². The number of benzene rings is 1. The van der Waals surface area contributed by atoms with E-state index in [-0.39, 0.29) is 0 Å². The molecule has 3 rings (SSSR count). The van der Waals surface area contributed by atoms with Crippen molar-refractivity contribution >= 4 is 28.4 Å². The van der Waals surface area contributed by atoms with Crippen LogP contribution in [0.4, 0.5) is 5.69 Å². The van der Waals surface area contributed by atoms with Gasteiger partial charge in [0.05, 0.1) is 27.7 Å². The molecule has 0 unspecified atom stereocenters. The number of nitrogen functional groups attached to an aromatic ring is 1. The van der Waals surface area contributed by atoms with Gasteiger partial charge in [0.1, 0.15) is 5.52 Å². The van der Waals surface area contributed by atoms with Crippen LogP contribution in [0.1, 0.15) is 18.3 Å². The standard InChI is InChI=1S/C14H13ClN4O/c1-3-11-8(4-7(2)18-19-11)14-17-12-5-9(15)10(16)6-13(12)20-14/h4-6H,3,16H2,1-2H3. The number of aromatic nitrogens is 3. The summed E-state index contributed by atoms with van der Waals surface area (Å²) < 4.78 is 5.77. The number of rotatable bonds is 2. The van der Waals surface area contributed by atoms with Crippen molar-refractivity contribution in [3.8, 4) is 11.5 Å². The number of hydrogen-bond acceptors (Lipinski definition) is 5. The lowest BCUT2D eigenvalue weighted by molar-refractivity contribution is 0.617. The third-order valence-corrected chi connectivity index (χ3v) is 3.39. The minimum atomic E-state index is 0.470. The molecule has 0 aliphatic carbocycles. The smallest absolute Gasteiger partial charge is 0.229 e. The van der Waals surface area contributed by atoms with E-state index in [2.05, 4.69) is 15.2 Å². The third kappa shape index (κ3) is 2.10. The first-order chi connectivity index (χ1) is 9.58. The Balaban J connectivity index is 2.22. The minimum absolute atomic E-state index is 0.470. The van der Waals surface area contributed by atoms with Crippen molar-refractivity contribution in [2.24, 2.45) is 0 Å². The Bertz CT molecular complexity index is 758. The zero-order valence-electron chi connectivity index (χ0n) is 11.1. The van der Waals surface area contributed by atoms with Crippen LogP contribution in [0.15, 0.2) is 22.6 Å². The fourth-order valence-corrected chi connectivity index (χ4v) is 2.20. The van der Waals surface area contributed by atoms with Crippen LogP contribution in [0, 0.1) is 6.92 Å². The molecule has 2 heterocycles. The Morgan fingerprint density at radius 3 is 2.80 bits per heavy atom. The molecule has 0 aliphatic rings. The van der Waals surface area contributed by atoms with Gasteiger partial charge in [-0.2, -0.15) is 10.2 Å². The first kappa shape index (κ1) is 12.9. The number of nitrogens with two attached hydrogens (primary N) is 1. The van der Waals surface area contributed by atoms with Crippen molar-refractivity contribution in [3.05, 3.63) is 34.6 Å². The zero-order chi connectivity index (χ0) is 14.3. The molecule has 0 radical (unpaired) electrons. The fourth-order valence-electron chi connectivity index (χ4n) is 2.04. The van der Waals surface area contributed by atoms with Crippen LogP contribution >= 0.6 is 11.6 Å². The van der Waals surface area contributed by atoms with Crippen molar-refractivity contribution in [2.75, 3.05) is 5.73 Å². The van der Waals surface area contributed by atoms with Crippen LogP contribution in [0.2, 0.25) is 5.02 Å². The van der Waals surface area contributed by atoms with Crippen LogP contribution in [0.3, 0.4) is 0 Å².